The van der Waals surface area contributed by atoms with Gasteiger partial charge in [-0.2, -0.15) is 0 Å². The molecule has 0 radical (unpaired) electrons. The number of anilines is 4. The van der Waals surface area contributed by atoms with Gasteiger partial charge in [-0.3, -0.25) is 4.57 Å². The van der Waals surface area contributed by atoms with Gasteiger partial charge in [-0.05, 0) is 170 Å². The van der Waals surface area contributed by atoms with Crippen LogP contribution in [0, 0.1) is 0 Å². The summed E-state index contributed by atoms with van der Waals surface area (Å²) < 4.78 is 15.7. The number of para-hydroxylation sites is 3. The van der Waals surface area contributed by atoms with Crippen LogP contribution in [0.3, 0.4) is 0 Å². The smallest absolute Gasteiger partial charge is 0.138 e. The third-order valence-corrected chi connectivity index (χ3v) is 15.9. The van der Waals surface area contributed by atoms with Gasteiger partial charge in [-0.25, -0.2) is 4.98 Å². The van der Waals surface area contributed by atoms with Crippen molar-refractivity contribution in [3.63, 3.8) is 0 Å². The van der Waals surface area contributed by atoms with Crippen molar-refractivity contribution in [2.75, 3.05) is 16.5 Å². The molecule has 1 aliphatic rings. The summed E-state index contributed by atoms with van der Waals surface area (Å²) >= 11 is 0. The molecule has 0 amide bonds. The van der Waals surface area contributed by atoms with Gasteiger partial charge in [0.15, 0.2) is 0 Å². The molecule has 0 bridgehead atoms. The largest absolute Gasteiger partial charge is 0.457 e. The summed E-state index contributed by atoms with van der Waals surface area (Å²) in [5.74, 6) is 3.48. The van der Waals surface area contributed by atoms with Crippen LogP contribution in [0.1, 0.15) is 129 Å². The molecule has 386 valence electrons. The van der Waals surface area contributed by atoms with Crippen LogP contribution >= 0.6 is 0 Å². The van der Waals surface area contributed by atoms with E-state index in [1.165, 1.54) is 50.3 Å². The number of pyridine rings is 1. The normalized spacial score (nSPS) is 13.2. The number of aromatic nitrogens is 2. The minimum absolute atomic E-state index is 0.00288. The number of rotatable bonds is 10. The van der Waals surface area contributed by atoms with E-state index >= 15 is 0 Å². The van der Waals surface area contributed by atoms with E-state index in [1.54, 1.807) is 0 Å². The highest BCUT2D eigenvalue weighted by Gasteiger charge is 2.31. The number of hydrogen-bond acceptors (Lipinski definition) is 5. The molecule has 12 rings (SSSR count). The number of fused-ring (bicyclic) bond motifs is 7. The lowest BCUT2D eigenvalue weighted by atomic mass is 9.80. The Morgan fingerprint density at radius 3 is 1.78 bits per heavy atom. The van der Waals surface area contributed by atoms with E-state index in [-0.39, 0.29) is 10.8 Å². The standard InChI is InChI=1S/C71H70N4O2/c1-43(2)49-33-59(44(3)4)69(60(34-49)45(5)6)48-30-31-72-68(36-48)75-62-29-25-46(47-24-27-58-57-20-13-16-23-66(57)77-67(58)35-47)32-61(62)56-28-26-55(41-65(56)75)76-54-19-17-18-52(40-54)73-42-74(64-22-15-14-21-63(64)73)53-38-50(70(7,8)9)37-51(39-53)71(10,11)12/h13-41,43-45H,42H2,1-12H3. The molecule has 8 aromatic carbocycles. The van der Waals surface area contributed by atoms with Crippen molar-refractivity contribution in [3.8, 4) is 39.6 Å². The third kappa shape index (κ3) is 9.01. The van der Waals surface area contributed by atoms with E-state index in [2.05, 4.69) is 255 Å². The summed E-state index contributed by atoms with van der Waals surface area (Å²) in [5.41, 5.74) is 20.0. The van der Waals surface area contributed by atoms with Gasteiger partial charge in [0.1, 0.15) is 35.2 Å². The molecule has 0 atom stereocenters. The van der Waals surface area contributed by atoms with Crippen molar-refractivity contribution >= 4 is 66.5 Å². The predicted octanol–water partition coefficient (Wildman–Crippen LogP) is 20.4. The number of ether oxygens (including phenoxy) is 1. The van der Waals surface area contributed by atoms with Crippen LogP contribution < -0.4 is 14.5 Å². The van der Waals surface area contributed by atoms with Crippen LogP contribution in [0.5, 0.6) is 11.5 Å². The van der Waals surface area contributed by atoms with Gasteiger partial charge in [0.2, 0.25) is 0 Å². The van der Waals surface area contributed by atoms with Crippen LogP contribution in [-0.2, 0) is 10.8 Å². The van der Waals surface area contributed by atoms with Gasteiger partial charge in [0.25, 0.3) is 0 Å². The first-order chi connectivity index (χ1) is 36.9. The summed E-state index contributed by atoms with van der Waals surface area (Å²) in [6, 6.07) is 62.0. The zero-order valence-electron chi connectivity index (χ0n) is 46.8. The quantitative estimate of drug-likeness (QED) is 0.137. The Bertz CT molecular complexity index is 4020. The predicted molar refractivity (Wildman–Crippen MR) is 325 cm³/mol. The average molecular weight is 1010 g/mol. The Labute approximate surface area is 454 Å². The summed E-state index contributed by atoms with van der Waals surface area (Å²) in [4.78, 5) is 10.0. The van der Waals surface area contributed by atoms with Crippen LogP contribution in [0.2, 0.25) is 0 Å². The first kappa shape index (κ1) is 49.8. The van der Waals surface area contributed by atoms with E-state index in [0.717, 1.165) is 83.6 Å². The zero-order chi connectivity index (χ0) is 53.7. The Morgan fingerprint density at radius 2 is 1.09 bits per heavy atom. The molecule has 0 saturated heterocycles. The summed E-state index contributed by atoms with van der Waals surface area (Å²) in [6.45, 7) is 28.4. The van der Waals surface area contributed by atoms with Crippen molar-refractivity contribution < 1.29 is 9.15 Å². The second kappa shape index (κ2) is 18.9. The number of benzene rings is 8. The molecule has 0 fully saturated rings. The summed E-state index contributed by atoms with van der Waals surface area (Å²) in [6.07, 6.45) is 1.98. The van der Waals surface area contributed by atoms with Crippen molar-refractivity contribution in [2.24, 2.45) is 0 Å². The molecule has 6 heteroatoms. The highest BCUT2D eigenvalue weighted by atomic mass is 16.5. The van der Waals surface area contributed by atoms with Crippen molar-refractivity contribution in [3.05, 3.63) is 204 Å². The molecule has 0 saturated carbocycles. The average Bonchev–Trinajstić information content (AvgIpc) is 4.18. The number of nitrogens with zero attached hydrogens (tertiary/aromatic N) is 4. The molecule has 4 heterocycles. The lowest BCUT2D eigenvalue weighted by Crippen LogP contribution is -2.25. The van der Waals surface area contributed by atoms with E-state index in [4.69, 9.17) is 14.1 Å². The summed E-state index contributed by atoms with van der Waals surface area (Å²) in [5, 5.41) is 4.50. The van der Waals surface area contributed by atoms with Gasteiger partial charge < -0.3 is 19.0 Å². The van der Waals surface area contributed by atoms with Crippen LogP contribution in [0.25, 0.3) is 71.8 Å². The first-order valence-corrected chi connectivity index (χ1v) is 27.6. The van der Waals surface area contributed by atoms with Gasteiger partial charge in [0.05, 0.1) is 22.4 Å². The second-order valence-electron chi connectivity index (χ2n) is 24.4. The molecule has 3 aromatic heterocycles. The lowest BCUT2D eigenvalue weighted by Gasteiger charge is -2.29. The van der Waals surface area contributed by atoms with Crippen molar-refractivity contribution in [1.82, 2.24) is 9.55 Å². The van der Waals surface area contributed by atoms with Gasteiger partial charge >= 0.3 is 0 Å². The van der Waals surface area contributed by atoms with E-state index in [9.17, 15) is 0 Å². The van der Waals surface area contributed by atoms with Crippen LogP contribution in [0.4, 0.5) is 22.7 Å². The Kier molecular flexibility index (Phi) is 12.2. The zero-order valence-corrected chi connectivity index (χ0v) is 46.8. The maximum absolute atomic E-state index is 6.96. The number of furan rings is 1. The fourth-order valence-corrected chi connectivity index (χ4v) is 11.5. The Balaban J connectivity index is 0.959. The van der Waals surface area contributed by atoms with Crippen molar-refractivity contribution in [1.29, 1.82) is 0 Å². The third-order valence-electron chi connectivity index (χ3n) is 15.9. The molecule has 11 aromatic rings. The highest BCUT2D eigenvalue weighted by Crippen LogP contribution is 2.48. The van der Waals surface area contributed by atoms with Crippen LogP contribution in [-0.4, -0.2) is 16.2 Å². The fourth-order valence-electron chi connectivity index (χ4n) is 11.5. The van der Waals surface area contributed by atoms with Gasteiger partial charge in [-0.15, -0.1) is 0 Å². The van der Waals surface area contributed by atoms with E-state index in [1.807, 2.05) is 18.3 Å². The molecule has 1 aliphatic heterocycles. The molecule has 0 aliphatic carbocycles. The lowest BCUT2D eigenvalue weighted by molar-refractivity contribution is 0.483. The molecule has 0 unspecified atom stereocenters. The molecular weight excluding hydrogens is 941 g/mol. The SMILES string of the molecule is CC(C)c1cc(C(C)C)c(-c2ccnc(-n3c4ccc(-c5ccc6c(c5)oc5ccccc56)cc4c4ccc(Oc5cccc(N6CN(c7cc(C(C)(C)C)cc(C(C)(C)C)c7)c7ccccc76)c5)cc43)c2)c(C(C)C)c1. The van der Waals surface area contributed by atoms with E-state index in [0.29, 0.717) is 24.4 Å². The monoisotopic (exact) mass is 1010 g/mol. The topological polar surface area (TPSA) is 46.7 Å². The highest BCUT2D eigenvalue weighted by molar-refractivity contribution is 6.11. The van der Waals surface area contributed by atoms with Gasteiger partial charge in [0, 0.05) is 51.2 Å². The second-order valence-corrected chi connectivity index (χ2v) is 24.4. The molecule has 6 nitrogen and oxygen atoms in total. The molecule has 0 N–H and O–H groups in total. The molecule has 0 spiro atoms. The maximum Gasteiger partial charge on any atom is 0.138 e. The van der Waals surface area contributed by atoms with Crippen molar-refractivity contribution in [2.45, 2.75) is 112 Å². The van der Waals surface area contributed by atoms with Crippen LogP contribution in [0.15, 0.2) is 180 Å². The van der Waals surface area contributed by atoms with Gasteiger partial charge in [-0.1, -0.05) is 150 Å². The Morgan fingerprint density at radius 1 is 0.468 bits per heavy atom. The summed E-state index contributed by atoms with van der Waals surface area (Å²) in [7, 11) is 0. The minimum atomic E-state index is 0.00288. The first-order valence-electron chi connectivity index (χ1n) is 27.6. The molecular formula is C71H70N4O2. The fraction of sp³-hybridized carbons (Fsp3) is 0.254. The molecule has 77 heavy (non-hydrogen) atoms. The minimum Gasteiger partial charge on any atom is -0.457 e. The maximum atomic E-state index is 6.96. The Hall–Kier alpha value is -8.09. The number of hydrogen-bond donors (Lipinski definition) is 0. The van der Waals surface area contributed by atoms with E-state index < -0.39 is 0 Å².